The summed E-state index contributed by atoms with van der Waals surface area (Å²) in [7, 11) is 0. The molecule has 3 heteroatoms. The van der Waals surface area contributed by atoms with Crippen LogP contribution in [0, 0.1) is 11.7 Å². The zero-order chi connectivity index (χ0) is 13.4. The Hall–Kier alpha value is -1.38. The lowest BCUT2D eigenvalue weighted by molar-refractivity contribution is 0.547. The molecule has 0 amide bonds. The Morgan fingerprint density at radius 2 is 1.84 bits per heavy atom. The maximum Gasteiger partial charge on any atom is 0.146 e. The monoisotopic (exact) mass is 275 g/mol. The van der Waals surface area contributed by atoms with Gasteiger partial charge in [0.1, 0.15) is 5.82 Å². The molecule has 2 aromatic rings. The van der Waals surface area contributed by atoms with Gasteiger partial charge in [0.05, 0.1) is 5.02 Å². The Labute approximate surface area is 117 Å². The number of hydrogen-bond acceptors (Lipinski definition) is 1. The molecule has 1 nitrogen and oxygen atoms in total. The van der Waals surface area contributed by atoms with Gasteiger partial charge < -0.3 is 5.73 Å². The van der Waals surface area contributed by atoms with Crippen LogP contribution in [0.4, 0.5) is 4.39 Å². The van der Waals surface area contributed by atoms with Crippen molar-refractivity contribution in [2.75, 3.05) is 0 Å². The van der Waals surface area contributed by atoms with E-state index in [9.17, 15) is 4.39 Å². The average Bonchev–Trinajstić information content (AvgIpc) is 3.22. The molecular formula is C16H15ClFN. The van der Waals surface area contributed by atoms with Crippen LogP contribution in [0.3, 0.4) is 0 Å². The molecule has 0 saturated heterocycles. The minimum atomic E-state index is -0.379. The summed E-state index contributed by atoms with van der Waals surface area (Å²) in [4.78, 5) is 0. The van der Waals surface area contributed by atoms with Gasteiger partial charge in [0, 0.05) is 11.6 Å². The average molecular weight is 276 g/mol. The van der Waals surface area contributed by atoms with E-state index in [2.05, 4.69) is 12.1 Å². The molecule has 3 rings (SSSR count). The van der Waals surface area contributed by atoms with E-state index in [-0.39, 0.29) is 16.9 Å². The SMILES string of the molecule is NC(c1cccc(Cl)c1F)C1CC1c1ccccc1. The summed E-state index contributed by atoms with van der Waals surface area (Å²) < 4.78 is 14.0. The number of benzene rings is 2. The maximum atomic E-state index is 14.0. The van der Waals surface area contributed by atoms with Crippen LogP contribution in [0.25, 0.3) is 0 Å². The van der Waals surface area contributed by atoms with Crippen molar-refractivity contribution < 1.29 is 4.39 Å². The predicted octanol–water partition coefficient (Wildman–Crippen LogP) is 4.28. The standard InChI is InChI=1S/C16H15ClFN/c17-14-8-4-7-11(15(14)18)16(19)13-9-12(13)10-5-2-1-3-6-10/h1-8,12-13,16H,9,19H2. The Kier molecular flexibility index (Phi) is 3.29. The van der Waals surface area contributed by atoms with E-state index in [1.54, 1.807) is 18.2 Å². The summed E-state index contributed by atoms with van der Waals surface area (Å²) in [5, 5.41) is 0.143. The lowest BCUT2D eigenvalue weighted by Gasteiger charge is -2.13. The fraction of sp³-hybridized carbons (Fsp3) is 0.250. The Morgan fingerprint density at radius 3 is 2.58 bits per heavy atom. The van der Waals surface area contributed by atoms with E-state index < -0.39 is 0 Å². The Morgan fingerprint density at radius 1 is 1.11 bits per heavy atom. The number of nitrogens with two attached hydrogens (primary N) is 1. The second kappa shape index (κ2) is 4.95. The topological polar surface area (TPSA) is 26.0 Å². The van der Waals surface area contributed by atoms with E-state index in [0.29, 0.717) is 17.4 Å². The second-order valence-electron chi connectivity index (χ2n) is 5.09. The molecule has 3 atom stereocenters. The minimum absolute atomic E-state index is 0.143. The molecule has 0 aromatic heterocycles. The van der Waals surface area contributed by atoms with Gasteiger partial charge >= 0.3 is 0 Å². The quantitative estimate of drug-likeness (QED) is 0.889. The third kappa shape index (κ3) is 2.38. The highest BCUT2D eigenvalue weighted by atomic mass is 35.5. The largest absolute Gasteiger partial charge is 0.324 e. The van der Waals surface area contributed by atoms with Crippen LogP contribution in [0.5, 0.6) is 0 Å². The van der Waals surface area contributed by atoms with Crippen molar-refractivity contribution in [2.45, 2.75) is 18.4 Å². The normalized spacial score (nSPS) is 23.1. The van der Waals surface area contributed by atoms with Gasteiger partial charge in [0.25, 0.3) is 0 Å². The van der Waals surface area contributed by atoms with Gasteiger partial charge in [-0.25, -0.2) is 4.39 Å². The first-order valence-corrected chi connectivity index (χ1v) is 6.80. The smallest absolute Gasteiger partial charge is 0.146 e. The van der Waals surface area contributed by atoms with Crippen LogP contribution in [0.15, 0.2) is 48.5 Å². The van der Waals surface area contributed by atoms with Crippen LogP contribution < -0.4 is 5.73 Å². The van der Waals surface area contributed by atoms with Crippen LogP contribution in [-0.4, -0.2) is 0 Å². The van der Waals surface area contributed by atoms with E-state index in [0.717, 1.165) is 6.42 Å². The molecular weight excluding hydrogens is 261 g/mol. The van der Waals surface area contributed by atoms with Crippen LogP contribution in [0.1, 0.15) is 29.5 Å². The third-order valence-corrected chi connectivity index (χ3v) is 4.16. The highest BCUT2D eigenvalue weighted by Crippen LogP contribution is 2.53. The molecule has 3 unspecified atom stereocenters. The molecule has 0 heterocycles. The summed E-state index contributed by atoms with van der Waals surface area (Å²) in [6, 6.07) is 15.0. The molecule has 0 radical (unpaired) electrons. The van der Waals surface area contributed by atoms with Crippen molar-refractivity contribution in [3.63, 3.8) is 0 Å². The maximum absolute atomic E-state index is 14.0. The fourth-order valence-corrected chi connectivity index (χ4v) is 2.89. The number of hydrogen-bond donors (Lipinski definition) is 1. The Balaban J connectivity index is 1.80. The first kappa shape index (κ1) is 12.6. The molecule has 2 N–H and O–H groups in total. The van der Waals surface area contributed by atoms with Crippen LogP contribution in [-0.2, 0) is 0 Å². The molecule has 1 saturated carbocycles. The lowest BCUT2D eigenvalue weighted by Crippen LogP contribution is -2.15. The summed E-state index contributed by atoms with van der Waals surface area (Å²) in [6.07, 6.45) is 1.01. The molecule has 0 aliphatic heterocycles. The molecule has 1 fully saturated rings. The van der Waals surface area contributed by atoms with Crippen molar-refractivity contribution in [1.29, 1.82) is 0 Å². The van der Waals surface area contributed by atoms with Gasteiger partial charge in [-0.15, -0.1) is 0 Å². The minimum Gasteiger partial charge on any atom is -0.324 e. The Bertz CT molecular complexity index is 585. The number of rotatable bonds is 3. The fourth-order valence-electron chi connectivity index (χ4n) is 2.70. The molecule has 19 heavy (non-hydrogen) atoms. The highest BCUT2D eigenvalue weighted by molar-refractivity contribution is 6.30. The van der Waals surface area contributed by atoms with Gasteiger partial charge in [-0.2, -0.15) is 0 Å². The second-order valence-corrected chi connectivity index (χ2v) is 5.49. The van der Waals surface area contributed by atoms with E-state index in [4.69, 9.17) is 17.3 Å². The highest BCUT2D eigenvalue weighted by Gasteiger charge is 2.43. The summed E-state index contributed by atoms with van der Waals surface area (Å²) in [5.41, 5.74) is 8.01. The van der Waals surface area contributed by atoms with Crippen molar-refractivity contribution in [3.8, 4) is 0 Å². The predicted molar refractivity (Wildman–Crippen MR) is 75.6 cm³/mol. The number of halogens is 2. The van der Waals surface area contributed by atoms with Gasteiger partial charge in [-0.05, 0) is 29.9 Å². The van der Waals surface area contributed by atoms with Gasteiger partial charge in [0.2, 0.25) is 0 Å². The molecule has 0 spiro atoms. The van der Waals surface area contributed by atoms with Gasteiger partial charge in [-0.1, -0.05) is 54.1 Å². The zero-order valence-electron chi connectivity index (χ0n) is 10.4. The van der Waals surface area contributed by atoms with Crippen molar-refractivity contribution in [1.82, 2.24) is 0 Å². The van der Waals surface area contributed by atoms with Crippen LogP contribution >= 0.6 is 11.6 Å². The summed E-state index contributed by atoms with van der Waals surface area (Å²) in [6.45, 7) is 0. The molecule has 1 aliphatic carbocycles. The first-order valence-electron chi connectivity index (χ1n) is 6.43. The van der Waals surface area contributed by atoms with E-state index >= 15 is 0 Å². The van der Waals surface area contributed by atoms with Crippen molar-refractivity contribution in [3.05, 3.63) is 70.5 Å². The van der Waals surface area contributed by atoms with Crippen molar-refractivity contribution in [2.24, 2.45) is 11.7 Å². The van der Waals surface area contributed by atoms with Crippen LogP contribution in [0.2, 0.25) is 5.02 Å². The van der Waals surface area contributed by atoms with Crippen molar-refractivity contribution >= 4 is 11.6 Å². The molecule has 98 valence electrons. The summed E-state index contributed by atoms with van der Waals surface area (Å²) in [5.74, 6) is 0.361. The first-order chi connectivity index (χ1) is 9.18. The third-order valence-electron chi connectivity index (χ3n) is 3.87. The zero-order valence-corrected chi connectivity index (χ0v) is 11.1. The van der Waals surface area contributed by atoms with Gasteiger partial charge in [-0.3, -0.25) is 0 Å². The summed E-state index contributed by atoms with van der Waals surface area (Å²) >= 11 is 5.81. The van der Waals surface area contributed by atoms with E-state index in [1.165, 1.54) is 5.56 Å². The molecule has 1 aliphatic rings. The molecule has 0 bridgehead atoms. The lowest BCUT2D eigenvalue weighted by atomic mass is 9.99. The van der Waals surface area contributed by atoms with E-state index in [1.807, 2.05) is 18.2 Å². The molecule has 2 aromatic carbocycles. The van der Waals surface area contributed by atoms with Gasteiger partial charge in [0.15, 0.2) is 0 Å².